The highest BCUT2D eigenvalue weighted by Crippen LogP contribution is 2.38. The highest BCUT2D eigenvalue weighted by atomic mass is 16.5. The fraction of sp³-hybridized carbons (Fsp3) is 0.556. The fourth-order valence-corrected chi connectivity index (χ4v) is 3.94. The van der Waals surface area contributed by atoms with Crippen molar-refractivity contribution in [2.45, 2.75) is 31.7 Å². The largest absolute Gasteiger partial charge is 0.490 e. The molecule has 3 heteroatoms. The summed E-state index contributed by atoms with van der Waals surface area (Å²) < 4.78 is 11.4. The normalized spacial score (nSPS) is 31.3. The first-order valence-corrected chi connectivity index (χ1v) is 8.21. The lowest BCUT2D eigenvalue weighted by Gasteiger charge is -2.14. The lowest BCUT2D eigenvalue weighted by Crippen LogP contribution is -2.23. The molecule has 0 spiro atoms. The number of nitrogens with one attached hydrogen (secondary N) is 1. The van der Waals surface area contributed by atoms with Crippen LogP contribution < -0.4 is 14.8 Å². The van der Waals surface area contributed by atoms with Gasteiger partial charge >= 0.3 is 0 Å². The average molecular weight is 285 g/mol. The van der Waals surface area contributed by atoms with Crippen LogP contribution in [0, 0.1) is 11.8 Å². The maximum atomic E-state index is 5.76. The number of hydrogen-bond donors (Lipinski definition) is 1. The summed E-state index contributed by atoms with van der Waals surface area (Å²) in [4.78, 5) is 0. The third-order valence-corrected chi connectivity index (χ3v) is 5.06. The summed E-state index contributed by atoms with van der Waals surface area (Å²) >= 11 is 0. The smallest absolute Gasteiger partial charge is 0.161 e. The molecule has 1 aromatic carbocycles. The van der Waals surface area contributed by atoms with Gasteiger partial charge in [0.05, 0.1) is 13.2 Å². The van der Waals surface area contributed by atoms with Crippen molar-refractivity contribution in [3.63, 3.8) is 0 Å². The van der Waals surface area contributed by atoms with Gasteiger partial charge in [0.15, 0.2) is 11.5 Å². The van der Waals surface area contributed by atoms with Crippen molar-refractivity contribution in [1.82, 2.24) is 5.32 Å². The van der Waals surface area contributed by atoms with Crippen molar-refractivity contribution in [2.75, 3.05) is 19.8 Å². The van der Waals surface area contributed by atoms with E-state index < -0.39 is 0 Å². The van der Waals surface area contributed by atoms with Gasteiger partial charge < -0.3 is 14.8 Å². The topological polar surface area (TPSA) is 30.5 Å². The Kier molecular flexibility index (Phi) is 3.60. The first-order chi connectivity index (χ1) is 10.4. The molecule has 21 heavy (non-hydrogen) atoms. The Bertz CT molecular complexity index is 540. The minimum absolute atomic E-state index is 0.550. The van der Waals surface area contributed by atoms with E-state index in [1.54, 1.807) is 0 Å². The van der Waals surface area contributed by atoms with Crippen molar-refractivity contribution in [2.24, 2.45) is 11.8 Å². The van der Waals surface area contributed by atoms with Gasteiger partial charge in [-0.1, -0.05) is 24.6 Å². The van der Waals surface area contributed by atoms with Gasteiger partial charge in [-0.15, -0.1) is 0 Å². The van der Waals surface area contributed by atoms with E-state index in [9.17, 15) is 0 Å². The SMILES string of the molecule is C(=C\C1NCC2CCCC21)/c1ccc2c(c1)OCCCO2. The Morgan fingerprint density at radius 3 is 2.90 bits per heavy atom. The van der Waals surface area contributed by atoms with Gasteiger partial charge in [0.25, 0.3) is 0 Å². The molecule has 0 radical (unpaired) electrons. The Balaban J connectivity index is 1.49. The molecule has 2 fully saturated rings. The predicted molar refractivity (Wildman–Crippen MR) is 83.7 cm³/mol. The highest BCUT2D eigenvalue weighted by Gasteiger charge is 2.37. The predicted octanol–water partition coefficient (Wildman–Crippen LogP) is 3.25. The maximum Gasteiger partial charge on any atom is 0.161 e. The van der Waals surface area contributed by atoms with Crippen LogP contribution in [-0.2, 0) is 0 Å². The molecule has 2 heterocycles. The molecule has 3 unspecified atom stereocenters. The Labute approximate surface area is 126 Å². The molecule has 1 aromatic rings. The minimum atomic E-state index is 0.550. The Hall–Kier alpha value is -1.48. The van der Waals surface area contributed by atoms with Gasteiger partial charge in [0, 0.05) is 12.5 Å². The van der Waals surface area contributed by atoms with Gasteiger partial charge in [-0.3, -0.25) is 0 Å². The summed E-state index contributed by atoms with van der Waals surface area (Å²) in [5, 5.41) is 3.66. The molecule has 0 bridgehead atoms. The lowest BCUT2D eigenvalue weighted by molar-refractivity contribution is 0.297. The van der Waals surface area contributed by atoms with Gasteiger partial charge in [-0.2, -0.15) is 0 Å². The molecule has 1 saturated carbocycles. The van der Waals surface area contributed by atoms with E-state index in [2.05, 4.69) is 29.6 Å². The summed E-state index contributed by atoms with van der Waals surface area (Å²) in [6, 6.07) is 6.79. The van der Waals surface area contributed by atoms with Crippen LogP contribution >= 0.6 is 0 Å². The second-order valence-electron chi connectivity index (χ2n) is 6.40. The molecule has 1 aliphatic carbocycles. The first-order valence-electron chi connectivity index (χ1n) is 8.21. The van der Waals surface area contributed by atoms with E-state index >= 15 is 0 Å². The summed E-state index contributed by atoms with van der Waals surface area (Å²) in [5.74, 6) is 3.51. The number of rotatable bonds is 2. The van der Waals surface area contributed by atoms with Gasteiger partial charge in [0.1, 0.15) is 0 Å². The molecule has 3 nitrogen and oxygen atoms in total. The van der Waals surface area contributed by atoms with Crippen molar-refractivity contribution >= 4 is 6.08 Å². The van der Waals surface area contributed by atoms with Gasteiger partial charge in [-0.25, -0.2) is 0 Å². The molecule has 112 valence electrons. The van der Waals surface area contributed by atoms with Crippen LogP contribution in [0.25, 0.3) is 6.08 Å². The van der Waals surface area contributed by atoms with Gasteiger partial charge in [-0.05, 0) is 48.9 Å². The molecule has 3 atom stereocenters. The zero-order chi connectivity index (χ0) is 14.1. The van der Waals surface area contributed by atoms with Crippen molar-refractivity contribution < 1.29 is 9.47 Å². The molecule has 3 aliphatic rings. The monoisotopic (exact) mass is 285 g/mol. The average Bonchev–Trinajstić information content (AvgIpc) is 3.03. The second-order valence-corrected chi connectivity index (χ2v) is 6.40. The first kappa shape index (κ1) is 13.2. The molecule has 4 rings (SSSR count). The summed E-state index contributed by atoms with van der Waals surface area (Å²) in [5.41, 5.74) is 1.20. The summed E-state index contributed by atoms with van der Waals surface area (Å²) in [7, 11) is 0. The van der Waals surface area contributed by atoms with Crippen LogP contribution in [0.2, 0.25) is 0 Å². The van der Waals surface area contributed by atoms with E-state index in [0.29, 0.717) is 6.04 Å². The van der Waals surface area contributed by atoms with Crippen LogP contribution in [0.15, 0.2) is 24.3 Å². The molecule has 2 aliphatic heterocycles. The number of hydrogen-bond acceptors (Lipinski definition) is 3. The third-order valence-electron chi connectivity index (χ3n) is 5.06. The Morgan fingerprint density at radius 2 is 1.95 bits per heavy atom. The highest BCUT2D eigenvalue weighted by molar-refractivity contribution is 5.56. The second kappa shape index (κ2) is 5.72. The van der Waals surface area contributed by atoms with Crippen molar-refractivity contribution in [3.8, 4) is 11.5 Å². The van der Waals surface area contributed by atoms with E-state index in [1.807, 2.05) is 6.07 Å². The number of benzene rings is 1. The third kappa shape index (κ3) is 2.67. The van der Waals surface area contributed by atoms with E-state index in [4.69, 9.17) is 9.47 Å². The molecular weight excluding hydrogens is 262 g/mol. The fourth-order valence-electron chi connectivity index (χ4n) is 3.94. The van der Waals surface area contributed by atoms with E-state index in [1.165, 1.54) is 31.4 Å². The van der Waals surface area contributed by atoms with Crippen LogP contribution in [0.4, 0.5) is 0 Å². The molecule has 0 amide bonds. The molecule has 1 saturated heterocycles. The van der Waals surface area contributed by atoms with Gasteiger partial charge in [0.2, 0.25) is 0 Å². The maximum absolute atomic E-state index is 5.76. The van der Waals surface area contributed by atoms with Crippen LogP contribution in [0.1, 0.15) is 31.2 Å². The number of fused-ring (bicyclic) bond motifs is 2. The Morgan fingerprint density at radius 1 is 1.05 bits per heavy atom. The molecule has 0 aromatic heterocycles. The quantitative estimate of drug-likeness (QED) is 0.905. The van der Waals surface area contributed by atoms with E-state index in [-0.39, 0.29) is 0 Å². The summed E-state index contributed by atoms with van der Waals surface area (Å²) in [6.45, 7) is 2.69. The summed E-state index contributed by atoms with van der Waals surface area (Å²) in [6.07, 6.45) is 9.72. The molecule has 1 N–H and O–H groups in total. The van der Waals surface area contributed by atoms with Crippen LogP contribution in [-0.4, -0.2) is 25.8 Å². The molecular formula is C18H23NO2. The number of ether oxygens (including phenoxy) is 2. The van der Waals surface area contributed by atoms with Crippen molar-refractivity contribution in [1.29, 1.82) is 0 Å². The van der Waals surface area contributed by atoms with Crippen molar-refractivity contribution in [3.05, 3.63) is 29.8 Å². The van der Waals surface area contributed by atoms with E-state index in [0.717, 1.165) is 43.0 Å². The lowest BCUT2D eigenvalue weighted by atomic mass is 9.93. The zero-order valence-corrected chi connectivity index (χ0v) is 12.4. The standard InChI is InChI=1S/C18H23NO2/c1-3-14-12-19-16(15(14)4-1)7-5-13-6-8-17-18(11-13)21-10-2-9-20-17/h5-8,11,14-16,19H,1-4,9-10,12H2/b7-5+. The van der Waals surface area contributed by atoms with Crippen LogP contribution in [0.3, 0.4) is 0 Å². The zero-order valence-electron chi connectivity index (χ0n) is 12.4. The minimum Gasteiger partial charge on any atom is -0.490 e. The van der Waals surface area contributed by atoms with Crippen LogP contribution in [0.5, 0.6) is 11.5 Å².